The van der Waals surface area contributed by atoms with Crippen LogP contribution in [0.5, 0.6) is 0 Å². The van der Waals surface area contributed by atoms with Gasteiger partial charge in [-0.25, -0.2) is 13.9 Å². The van der Waals surface area contributed by atoms with Gasteiger partial charge in [-0.2, -0.15) is 5.10 Å². The smallest absolute Gasteiger partial charge is 0.212 e. The van der Waals surface area contributed by atoms with Gasteiger partial charge in [0, 0.05) is 5.56 Å². The molecule has 0 spiro atoms. The first-order valence-electron chi connectivity index (χ1n) is 5.24. The van der Waals surface area contributed by atoms with Crippen molar-refractivity contribution in [2.75, 3.05) is 0 Å². The highest BCUT2D eigenvalue weighted by Gasteiger charge is 2.13. The molecule has 0 N–H and O–H groups in total. The van der Waals surface area contributed by atoms with E-state index >= 15 is 0 Å². The number of fused-ring (bicyclic) bond motifs is 1. The molecule has 3 nitrogen and oxygen atoms in total. The van der Waals surface area contributed by atoms with E-state index in [4.69, 9.17) is 0 Å². The number of hydrogen-bond donors (Lipinski definition) is 0. The molecule has 2 heterocycles. The lowest BCUT2D eigenvalue weighted by Crippen LogP contribution is -1.89. The Morgan fingerprint density at radius 3 is 2.53 bits per heavy atom. The Morgan fingerprint density at radius 2 is 1.88 bits per heavy atom. The normalized spacial score (nSPS) is 11.2. The van der Waals surface area contributed by atoms with Gasteiger partial charge in [0.25, 0.3) is 0 Å². The molecule has 2 aromatic heterocycles. The summed E-state index contributed by atoms with van der Waals surface area (Å²) in [4.78, 5) is 5.40. The van der Waals surface area contributed by atoms with Crippen LogP contribution in [0.15, 0.2) is 24.3 Å². The summed E-state index contributed by atoms with van der Waals surface area (Å²) in [6, 6.07) is 6.37. The van der Waals surface area contributed by atoms with Crippen molar-refractivity contribution in [2.45, 2.75) is 13.8 Å². The van der Waals surface area contributed by atoms with Crippen molar-refractivity contribution in [3.05, 3.63) is 40.8 Å². The summed E-state index contributed by atoms with van der Waals surface area (Å²) in [6.45, 7) is 3.92. The number of imidazole rings is 1. The lowest BCUT2D eigenvalue weighted by Gasteiger charge is -1.98. The summed E-state index contributed by atoms with van der Waals surface area (Å²) >= 11 is 1.55. The maximum Gasteiger partial charge on any atom is 0.212 e. The number of benzene rings is 1. The number of nitrogens with zero attached hydrogens (tertiary/aromatic N) is 3. The van der Waals surface area contributed by atoms with E-state index in [0.29, 0.717) is 0 Å². The fraction of sp³-hybridized carbons (Fsp3) is 0.167. The van der Waals surface area contributed by atoms with E-state index in [1.165, 1.54) is 12.1 Å². The second-order valence-electron chi connectivity index (χ2n) is 3.87. The summed E-state index contributed by atoms with van der Waals surface area (Å²) in [5, 5.41) is 5.36. The lowest BCUT2D eigenvalue weighted by atomic mass is 10.1. The van der Waals surface area contributed by atoms with Gasteiger partial charge in [-0.05, 0) is 38.1 Å². The number of halogens is 1. The summed E-state index contributed by atoms with van der Waals surface area (Å²) in [6.07, 6.45) is 0. The first-order chi connectivity index (χ1) is 8.15. The molecule has 0 bridgehead atoms. The minimum atomic E-state index is -0.235. The predicted molar refractivity (Wildman–Crippen MR) is 65.7 cm³/mol. The Balaban J connectivity index is 2.20. The first-order valence-corrected chi connectivity index (χ1v) is 6.05. The van der Waals surface area contributed by atoms with Crippen LogP contribution in [0.2, 0.25) is 0 Å². The number of hydrogen-bond acceptors (Lipinski definition) is 3. The fourth-order valence-electron chi connectivity index (χ4n) is 1.83. The van der Waals surface area contributed by atoms with Gasteiger partial charge in [-0.15, -0.1) is 0 Å². The zero-order chi connectivity index (χ0) is 12.0. The van der Waals surface area contributed by atoms with Gasteiger partial charge in [0.05, 0.1) is 11.4 Å². The third kappa shape index (κ3) is 1.63. The van der Waals surface area contributed by atoms with Crippen molar-refractivity contribution in [1.29, 1.82) is 0 Å². The largest absolute Gasteiger partial charge is 0.217 e. The van der Waals surface area contributed by atoms with Crippen LogP contribution in [0.25, 0.3) is 16.2 Å². The number of aryl methyl sites for hydroxylation is 2. The minimum absolute atomic E-state index is 0.235. The van der Waals surface area contributed by atoms with E-state index in [1.807, 2.05) is 18.4 Å². The molecular weight excluding hydrogens is 237 g/mol. The monoisotopic (exact) mass is 247 g/mol. The van der Waals surface area contributed by atoms with E-state index in [2.05, 4.69) is 10.1 Å². The van der Waals surface area contributed by atoms with E-state index in [9.17, 15) is 4.39 Å². The highest BCUT2D eigenvalue weighted by molar-refractivity contribution is 7.16. The van der Waals surface area contributed by atoms with E-state index < -0.39 is 0 Å². The molecule has 86 valence electrons. The summed E-state index contributed by atoms with van der Waals surface area (Å²) < 4.78 is 14.7. The Morgan fingerprint density at radius 1 is 1.18 bits per heavy atom. The predicted octanol–water partition coefficient (Wildman–Crippen LogP) is 3.21. The van der Waals surface area contributed by atoms with E-state index in [0.717, 1.165) is 26.9 Å². The Labute approximate surface area is 102 Å². The molecule has 1 aromatic carbocycles. The summed E-state index contributed by atoms with van der Waals surface area (Å²) in [5.41, 5.74) is 2.76. The van der Waals surface area contributed by atoms with E-state index in [1.54, 1.807) is 23.5 Å². The second-order valence-corrected chi connectivity index (χ2v) is 5.03. The molecule has 5 heteroatoms. The van der Waals surface area contributed by atoms with Gasteiger partial charge in [0.2, 0.25) is 4.96 Å². The van der Waals surface area contributed by atoms with Gasteiger partial charge < -0.3 is 0 Å². The zero-order valence-corrected chi connectivity index (χ0v) is 10.3. The van der Waals surface area contributed by atoms with Crippen molar-refractivity contribution in [3.63, 3.8) is 0 Å². The Bertz CT molecular complexity index is 682. The van der Waals surface area contributed by atoms with Gasteiger partial charge >= 0.3 is 0 Å². The van der Waals surface area contributed by atoms with Crippen molar-refractivity contribution >= 4 is 16.3 Å². The minimum Gasteiger partial charge on any atom is -0.217 e. The molecule has 0 unspecified atom stereocenters. The quantitative estimate of drug-likeness (QED) is 0.661. The molecule has 3 rings (SSSR count). The molecule has 0 aliphatic heterocycles. The van der Waals surface area contributed by atoms with Crippen LogP contribution in [0.3, 0.4) is 0 Å². The van der Waals surface area contributed by atoms with Crippen LogP contribution in [0, 0.1) is 19.7 Å². The lowest BCUT2D eigenvalue weighted by molar-refractivity contribution is 0.628. The third-order valence-corrected chi connectivity index (χ3v) is 3.47. The SMILES string of the molecule is Cc1nn2c(C)c(-c3ccc(F)cc3)nc2s1. The van der Waals surface area contributed by atoms with Crippen molar-refractivity contribution in [2.24, 2.45) is 0 Å². The highest BCUT2D eigenvalue weighted by Crippen LogP contribution is 2.26. The van der Waals surface area contributed by atoms with Crippen LogP contribution < -0.4 is 0 Å². The van der Waals surface area contributed by atoms with Crippen LogP contribution in [0.1, 0.15) is 10.7 Å². The molecule has 0 aliphatic carbocycles. The van der Waals surface area contributed by atoms with Crippen LogP contribution in [-0.2, 0) is 0 Å². The number of aromatic nitrogens is 3. The highest BCUT2D eigenvalue weighted by atomic mass is 32.1. The summed E-state index contributed by atoms with van der Waals surface area (Å²) in [5.74, 6) is -0.235. The molecule has 0 atom stereocenters. The Hall–Kier alpha value is -1.75. The second kappa shape index (κ2) is 3.63. The van der Waals surface area contributed by atoms with Crippen LogP contribution >= 0.6 is 11.3 Å². The maximum absolute atomic E-state index is 12.9. The molecular formula is C12H10FN3S. The van der Waals surface area contributed by atoms with Gasteiger partial charge in [-0.1, -0.05) is 11.3 Å². The van der Waals surface area contributed by atoms with Crippen LogP contribution in [0.4, 0.5) is 4.39 Å². The fourth-order valence-corrected chi connectivity index (χ4v) is 2.61. The van der Waals surface area contributed by atoms with Crippen molar-refractivity contribution in [3.8, 4) is 11.3 Å². The molecule has 17 heavy (non-hydrogen) atoms. The molecule has 0 saturated heterocycles. The van der Waals surface area contributed by atoms with Crippen molar-refractivity contribution in [1.82, 2.24) is 14.6 Å². The zero-order valence-electron chi connectivity index (χ0n) is 9.44. The average Bonchev–Trinajstić information content (AvgIpc) is 2.79. The van der Waals surface area contributed by atoms with Gasteiger partial charge in [0.15, 0.2) is 0 Å². The van der Waals surface area contributed by atoms with E-state index in [-0.39, 0.29) is 5.82 Å². The molecule has 0 radical (unpaired) electrons. The van der Waals surface area contributed by atoms with Gasteiger partial charge in [-0.3, -0.25) is 0 Å². The van der Waals surface area contributed by atoms with Crippen molar-refractivity contribution < 1.29 is 4.39 Å². The number of rotatable bonds is 1. The Kier molecular flexibility index (Phi) is 2.22. The molecule has 0 aliphatic rings. The topological polar surface area (TPSA) is 30.2 Å². The van der Waals surface area contributed by atoms with Gasteiger partial charge in [0.1, 0.15) is 10.8 Å². The molecule has 3 aromatic rings. The average molecular weight is 247 g/mol. The molecule has 0 saturated carbocycles. The molecule has 0 amide bonds. The standard InChI is InChI=1S/C12H10FN3S/c1-7-11(9-3-5-10(13)6-4-9)14-12-16(7)15-8(2)17-12/h3-6H,1-2H3. The summed E-state index contributed by atoms with van der Waals surface area (Å²) in [7, 11) is 0. The third-order valence-electron chi connectivity index (χ3n) is 2.65. The van der Waals surface area contributed by atoms with Crippen LogP contribution in [-0.4, -0.2) is 14.6 Å². The maximum atomic E-state index is 12.9. The first kappa shape index (κ1) is 10.4. The molecule has 0 fully saturated rings.